The zero-order valence-corrected chi connectivity index (χ0v) is 10.8. The van der Waals surface area contributed by atoms with Crippen LogP contribution in [0.15, 0.2) is 29.8 Å². The van der Waals surface area contributed by atoms with Gasteiger partial charge in [-0.15, -0.1) is 0 Å². The monoisotopic (exact) mass is 228 g/mol. The number of aryl methyl sites for hydroxylation is 2. The summed E-state index contributed by atoms with van der Waals surface area (Å²) in [5.74, 6) is 0.321. The Kier molecular flexibility index (Phi) is 3.78. The molecule has 0 radical (unpaired) electrons. The molecule has 1 aliphatic carbocycles. The molecule has 0 heterocycles. The Balaban J connectivity index is 2.15. The van der Waals surface area contributed by atoms with Crippen LogP contribution in [0.5, 0.6) is 0 Å². The molecular formula is C16H20O. The van der Waals surface area contributed by atoms with Crippen LogP contribution in [0.4, 0.5) is 0 Å². The van der Waals surface area contributed by atoms with Crippen LogP contribution >= 0.6 is 0 Å². The summed E-state index contributed by atoms with van der Waals surface area (Å²) in [6.45, 7) is 4.18. The lowest BCUT2D eigenvalue weighted by molar-refractivity contribution is -0.115. The van der Waals surface area contributed by atoms with Gasteiger partial charge in [0.2, 0.25) is 0 Å². The van der Waals surface area contributed by atoms with Crippen molar-refractivity contribution in [1.29, 1.82) is 0 Å². The summed E-state index contributed by atoms with van der Waals surface area (Å²) in [5, 5.41) is 0. The summed E-state index contributed by atoms with van der Waals surface area (Å²) in [7, 11) is 0. The third-order valence-electron chi connectivity index (χ3n) is 3.63. The lowest BCUT2D eigenvalue weighted by atomic mass is 9.91. The molecule has 1 aliphatic rings. The Morgan fingerprint density at radius 1 is 1.18 bits per heavy atom. The number of hydrogen-bond acceptors (Lipinski definition) is 1. The number of allylic oxidation sites excluding steroid dienone is 2. The van der Waals surface area contributed by atoms with Gasteiger partial charge in [-0.3, -0.25) is 4.79 Å². The number of hydrogen-bond donors (Lipinski definition) is 0. The predicted molar refractivity (Wildman–Crippen MR) is 71.2 cm³/mol. The van der Waals surface area contributed by atoms with Crippen molar-refractivity contribution in [2.45, 2.75) is 46.0 Å². The van der Waals surface area contributed by atoms with Crippen LogP contribution in [0.1, 0.15) is 42.4 Å². The van der Waals surface area contributed by atoms with Crippen molar-refractivity contribution in [2.75, 3.05) is 0 Å². The molecule has 0 bridgehead atoms. The van der Waals surface area contributed by atoms with Gasteiger partial charge >= 0.3 is 0 Å². The second-order valence-electron chi connectivity index (χ2n) is 4.95. The first-order valence-electron chi connectivity index (χ1n) is 6.46. The molecule has 0 atom stereocenters. The quantitative estimate of drug-likeness (QED) is 0.766. The highest BCUT2D eigenvalue weighted by atomic mass is 16.1. The van der Waals surface area contributed by atoms with Crippen LogP contribution in [-0.4, -0.2) is 5.78 Å². The van der Waals surface area contributed by atoms with Crippen LogP contribution < -0.4 is 0 Å². The molecule has 1 heteroatoms. The Bertz CT molecular complexity index is 434. The van der Waals surface area contributed by atoms with E-state index >= 15 is 0 Å². The molecule has 90 valence electrons. The van der Waals surface area contributed by atoms with Crippen LogP contribution in [0.2, 0.25) is 0 Å². The van der Waals surface area contributed by atoms with Gasteiger partial charge in [0.15, 0.2) is 5.78 Å². The second-order valence-corrected chi connectivity index (χ2v) is 4.95. The standard InChI is InChI=1S/C16H20O/c1-12-7-6-8-13(2)15(12)11-16(17)14-9-4-3-5-10-14/h6-9H,3-5,10-11H2,1-2H3. The molecule has 1 aromatic carbocycles. The lowest BCUT2D eigenvalue weighted by Crippen LogP contribution is -2.10. The van der Waals surface area contributed by atoms with E-state index in [2.05, 4.69) is 38.1 Å². The van der Waals surface area contributed by atoms with E-state index in [0.29, 0.717) is 12.2 Å². The maximum Gasteiger partial charge on any atom is 0.162 e. The van der Waals surface area contributed by atoms with E-state index in [1.165, 1.54) is 29.5 Å². The number of rotatable bonds is 3. The third kappa shape index (κ3) is 2.85. The van der Waals surface area contributed by atoms with Crippen LogP contribution in [0.25, 0.3) is 0 Å². The molecule has 0 saturated carbocycles. The molecular weight excluding hydrogens is 208 g/mol. The van der Waals surface area contributed by atoms with E-state index in [0.717, 1.165) is 18.4 Å². The summed E-state index contributed by atoms with van der Waals surface area (Å²) < 4.78 is 0. The molecule has 0 unspecified atom stereocenters. The molecule has 1 nitrogen and oxygen atoms in total. The average Bonchev–Trinajstić information content (AvgIpc) is 2.35. The Morgan fingerprint density at radius 3 is 2.47 bits per heavy atom. The maximum absolute atomic E-state index is 12.2. The highest BCUT2D eigenvalue weighted by molar-refractivity contribution is 5.97. The molecule has 17 heavy (non-hydrogen) atoms. The van der Waals surface area contributed by atoms with Gasteiger partial charge < -0.3 is 0 Å². The van der Waals surface area contributed by atoms with Crippen molar-refractivity contribution in [3.05, 3.63) is 46.5 Å². The van der Waals surface area contributed by atoms with Gasteiger partial charge in [0.25, 0.3) is 0 Å². The van der Waals surface area contributed by atoms with Crippen LogP contribution in [-0.2, 0) is 11.2 Å². The highest BCUT2D eigenvalue weighted by Gasteiger charge is 2.14. The minimum atomic E-state index is 0.321. The van der Waals surface area contributed by atoms with E-state index in [1.807, 2.05) is 0 Å². The molecule has 0 fully saturated rings. The first-order chi connectivity index (χ1) is 8.18. The minimum Gasteiger partial charge on any atom is -0.294 e. The van der Waals surface area contributed by atoms with Crippen molar-refractivity contribution in [2.24, 2.45) is 0 Å². The zero-order chi connectivity index (χ0) is 12.3. The molecule has 0 aliphatic heterocycles. The van der Waals surface area contributed by atoms with Gasteiger partial charge in [0.1, 0.15) is 0 Å². The Labute approximate surface area is 104 Å². The zero-order valence-electron chi connectivity index (χ0n) is 10.8. The largest absolute Gasteiger partial charge is 0.294 e. The third-order valence-corrected chi connectivity index (χ3v) is 3.63. The number of carbonyl (C=O) groups excluding carboxylic acids is 1. The average molecular weight is 228 g/mol. The lowest BCUT2D eigenvalue weighted by Gasteiger charge is -2.13. The predicted octanol–water partition coefficient (Wildman–Crippen LogP) is 3.92. The van der Waals surface area contributed by atoms with E-state index < -0.39 is 0 Å². The number of benzene rings is 1. The first kappa shape index (κ1) is 12.1. The van der Waals surface area contributed by atoms with Crippen molar-refractivity contribution in [3.63, 3.8) is 0 Å². The summed E-state index contributed by atoms with van der Waals surface area (Å²) >= 11 is 0. The molecule has 0 aromatic heterocycles. The minimum absolute atomic E-state index is 0.321. The molecule has 0 N–H and O–H groups in total. The van der Waals surface area contributed by atoms with Gasteiger partial charge in [0.05, 0.1) is 0 Å². The van der Waals surface area contributed by atoms with Gasteiger partial charge in [-0.25, -0.2) is 0 Å². The normalized spacial score (nSPS) is 15.5. The fourth-order valence-corrected chi connectivity index (χ4v) is 2.49. The fourth-order valence-electron chi connectivity index (χ4n) is 2.49. The summed E-state index contributed by atoms with van der Waals surface area (Å²) in [4.78, 5) is 12.2. The van der Waals surface area contributed by atoms with Crippen molar-refractivity contribution >= 4 is 5.78 Å². The van der Waals surface area contributed by atoms with Crippen LogP contribution in [0, 0.1) is 13.8 Å². The van der Waals surface area contributed by atoms with Crippen molar-refractivity contribution < 1.29 is 4.79 Å². The number of carbonyl (C=O) groups is 1. The molecule has 0 amide bonds. The molecule has 1 aromatic rings. The molecule has 0 spiro atoms. The maximum atomic E-state index is 12.2. The van der Waals surface area contributed by atoms with Gasteiger partial charge in [-0.2, -0.15) is 0 Å². The van der Waals surface area contributed by atoms with Crippen molar-refractivity contribution in [3.8, 4) is 0 Å². The number of ketones is 1. The Morgan fingerprint density at radius 2 is 1.88 bits per heavy atom. The van der Waals surface area contributed by atoms with Crippen LogP contribution in [0.3, 0.4) is 0 Å². The van der Waals surface area contributed by atoms with Gasteiger partial charge in [-0.1, -0.05) is 24.3 Å². The van der Waals surface area contributed by atoms with Gasteiger partial charge in [-0.05, 0) is 61.8 Å². The topological polar surface area (TPSA) is 17.1 Å². The van der Waals surface area contributed by atoms with E-state index in [-0.39, 0.29) is 0 Å². The summed E-state index contributed by atoms with van der Waals surface area (Å²) in [6, 6.07) is 6.23. The first-order valence-corrected chi connectivity index (χ1v) is 6.46. The second kappa shape index (κ2) is 5.31. The van der Waals surface area contributed by atoms with Crippen molar-refractivity contribution in [1.82, 2.24) is 0 Å². The number of Topliss-reactive ketones (excluding diaryl/α,β-unsaturated/α-hetero) is 1. The van der Waals surface area contributed by atoms with Gasteiger partial charge in [0, 0.05) is 6.42 Å². The fraction of sp³-hybridized carbons (Fsp3) is 0.438. The summed E-state index contributed by atoms with van der Waals surface area (Å²) in [5.41, 5.74) is 4.73. The SMILES string of the molecule is Cc1cccc(C)c1CC(=O)C1=CCCCC1. The molecule has 2 rings (SSSR count). The smallest absolute Gasteiger partial charge is 0.162 e. The molecule has 0 saturated heterocycles. The van der Waals surface area contributed by atoms with E-state index in [9.17, 15) is 4.79 Å². The highest BCUT2D eigenvalue weighted by Crippen LogP contribution is 2.21. The van der Waals surface area contributed by atoms with E-state index in [4.69, 9.17) is 0 Å². The van der Waals surface area contributed by atoms with E-state index in [1.54, 1.807) is 0 Å². The Hall–Kier alpha value is -1.37. The summed E-state index contributed by atoms with van der Waals surface area (Å²) in [6.07, 6.45) is 7.17.